The van der Waals surface area contributed by atoms with E-state index in [0.29, 0.717) is 5.56 Å². The van der Waals surface area contributed by atoms with E-state index >= 15 is 0 Å². The Morgan fingerprint density at radius 1 is 0.778 bits per heavy atom. The Balaban J connectivity index is 2.39. The molecule has 0 bridgehead atoms. The van der Waals surface area contributed by atoms with Crippen LogP contribution in [0.3, 0.4) is 0 Å². The van der Waals surface area contributed by atoms with Gasteiger partial charge in [0.15, 0.2) is 0 Å². The maximum atomic E-state index is 9.07. The second kappa shape index (κ2) is 3.21. The van der Waals surface area contributed by atoms with Crippen LogP contribution in [-0.4, -0.2) is 0 Å². The molecule has 4 aromatic carbocycles. The quantitative estimate of drug-likeness (QED) is 0.411. The van der Waals surface area contributed by atoms with Crippen molar-refractivity contribution in [2.45, 2.75) is 0 Å². The summed E-state index contributed by atoms with van der Waals surface area (Å²) < 4.78 is 0. The summed E-state index contributed by atoms with van der Waals surface area (Å²) in [6.07, 6.45) is 0. The van der Waals surface area contributed by atoms with E-state index in [1.54, 1.807) is 0 Å². The Morgan fingerprint density at radius 3 is 1.83 bits per heavy atom. The second-order valence-corrected chi connectivity index (χ2v) is 4.55. The first kappa shape index (κ1) is 9.44. The molecular formula is C17H8N. The maximum Gasteiger partial charge on any atom is 0.0992 e. The Kier molecular flexibility index (Phi) is 1.68. The molecule has 0 aromatic heterocycles. The topological polar surface area (TPSA) is 23.8 Å². The van der Waals surface area contributed by atoms with Gasteiger partial charge in [-0.2, -0.15) is 5.26 Å². The Morgan fingerprint density at radius 2 is 1.28 bits per heavy atom. The molecule has 0 aliphatic heterocycles. The summed E-state index contributed by atoms with van der Waals surface area (Å²) in [7, 11) is 0. The van der Waals surface area contributed by atoms with Gasteiger partial charge in [-0.3, -0.25) is 0 Å². The summed E-state index contributed by atoms with van der Waals surface area (Å²) in [6.45, 7) is 0. The van der Waals surface area contributed by atoms with E-state index in [1.165, 1.54) is 21.5 Å². The van der Waals surface area contributed by atoms with E-state index in [2.05, 4.69) is 36.4 Å². The zero-order valence-electron chi connectivity index (χ0n) is 9.57. The van der Waals surface area contributed by atoms with Crippen molar-refractivity contribution in [3.8, 4) is 6.07 Å². The molecule has 81 valence electrons. The standard InChI is InChI=1S/C17H8N/c18-10-11-8-14-6-4-12-2-1-3-13-5-7-15(9-11)17(14)16(12)13/h2-9H. The van der Waals surface area contributed by atoms with Crippen LogP contribution in [0, 0.1) is 17.4 Å². The second-order valence-electron chi connectivity index (χ2n) is 4.55. The first-order valence-electron chi connectivity index (χ1n) is 5.85. The van der Waals surface area contributed by atoms with Crippen molar-refractivity contribution in [2.75, 3.05) is 0 Å². The fourth-order valence-electron chi connectivity index (χ4n) is 2.75. The van der Waals surface area contributed by atoms with Crippen LogP contribution in [0.25, 0.3) is 32.3 Å². The molecule has 0 saturated carbocycles. The van der Waals surface area contributed by atoms with E-state index in [-0.39, 0.29) is 0 Å². The van der Waals surface area contributed by atoms with Gasteiger partial charge < -0.3 is 0 Å². The highest BCUT2D eigenvalue weighted by Gasteiger charge is 2.08. The van der Waals surface area contributed by atoms with Crippen LogP contribution < -0.4 is 0 Å². The fraction of sp³-hybridized carbons (Fsp3) is 0. The van der Waals surface area contributed by atoms with E-state index in [1.807, 2.05) is 24.3 Å². The van der Waals surface area contributed by atoms with Crippen molar-refractivity contribution < 1.29 is 0 Å². The maximum absolute atomic E-state index is 9.07. The number of hydrogen-bond donors (Lipinski definition) is 0. The van der Waals surface area contributed by atoms with Gasteiger partial charge in [0.25, 0.3) is 0 Å². The van der Waals surface area contributed by atoms with E-state index < -0.39 is 0 Å². The van der Waals surface area contributed by atoms with Crippen molar-refractivity contribution >= 4 is 32.3 Å². The third-order valence-electron chi connectivity index (χ3n) is 3.52. The number of hydrogen-bond acceptors (Lipinski definition) is 1. The molecule has 0 aliphatic rings. The molecule has 4 rings (SSSR count). The van der Waals surface area contributed by atoms with Gasteiger partial charge in [-0.25, -0.2) is 0 Å². The summed E-state index contributed by atoms with van der Waals surface area (Å²) in [5.74, 6) is 0. The van der Waals surface area contributed by atoms with Gasteiger partial charge in [0, 0.05) is 0 Å². The molecule has 0 unspecified atom stereocenters. The zero-order valence-corrected chi connectivity index (χ0v) is 9.57. The Hall–Kier alpha value is -2.59. The van der Waals surface area contributed by atoms with Gasteiger partial charge in [0.1, 0.15) is 0 Å². The van der Waals surface area contributed by atoms with Crippen LogP contribution in [0.15, 0.2) is 48.5 Å². The van der Waals surface area contributed by atoms with Crippen LogP contribution in [0.4, 0.5) is 0 Å². The van der Waals surface area contributed by atoms with Crippen LogP contribution in [0.1, 0.15) is 5.56 Å². The summed E-state index contributed by atoms with van der Waals surface area (Å²) in [4.78, 5) is 0. The van der Waals surface area contributed by atoms with E-state index in [4.69, 9.17) is 5.26 Å². The summed E-state index contributed by atoms with van der Waals surface area (Å²) >= 11 is 0. The third kappa shape index (κ3) is 1.10. The molecule has 18 heavy (non-hydrogen) atoms. The highest BCUT2D eigenvalue weighted by molar-refractivity contribution is 6.23. The van der Waals surface area contributed by atoms with Gasteiger partial charge >= 0.3 is 0 Å². The predicted octanol–water partition coefficient (Wildman–Crippen LogP) is 4.26. The van der Waals surface area contributed by atoms with Crippen molar-refractivity contribution in [2.24, 2.45) is 0 Å². The van der Waals surface area contributed by atoms with Crippen LogP contribution in [0.2, 0.25) is 0 Å². The highest BCUT2D eigenvalue weighted by atomic mass is 14.2. The third-order valence-corrected chi connectivity index (χ3v) is 3.52. The molecule has 1 radical (unpaired) electrons. The van der Waals surface area contributed by atoms with Gasteiger partial charge in [-0.15, -0.1) is 0 Å². The SMILES string of the molecule is N#Cc1cc2ccc3c[c]cc4ccc(c1)c2c34. The number of benzene rings is 4. The first-order valence-corrected chi connectivity index (χ1v) is 5.85. The van der Waals surface area contributed by atoms with Gasteiger partial charge in [-0.1, -0.05) is 24.3 Å². The molecule has 0 aliphatic carbocycles. The zero-order chi connectivity index (χ0) is 12.1. The van der Waals surface area contributed by atoms with Crippen molar-refractivity contribution in [1.29, 1.82) is 5.26 Å². The van der Waals surface area contributed by atoms with Crippen molar-refractivity contribution in [1.82, 2.24) is 0 Å². The summed E-state index contributed by atoms with van der Waals surface area (Å²) in [5, 5.41) is 16.3. The summed E-state index contributed by atoms with van der Waals surface area (Å²) in [6, 6.07) is 21.7. The lowest BCUT2D eigenvalue weighted by atomic mass is 9.93. The molecule has 0 fully saturated rings. The lowest BCUT2D eigenvalue weighted by Crippen LogP contribution is -1.85. The minimum absolute atomic E-state index is 0.715. The van der Waals surface area contributed by atoms with Gasteiger partial charge in [0.2, 0.25) is 0 Å². The van der Waals surface area contributed by atoms with Crippen LogP contribution in [-0.2, 0) is 0 Å². The molecule has 0 saturated heterocycles. The average Bonchev–Trinajstić information content (AvgIpc) is 2.44. The molecule has 4 aromatic rings. The lowest BCUT2D eigenvalue weighted by molar-refractivity contribution is 1.50. The molecular weight excluding hydrogens is 218 g/mol. The van der Waals surface area contributed by atoms with Gasteiger partial charge in [0.05, 0.1) is 11.6 Å². The molecule has 0 heterocycles. The molecule has 0 amide bonds. The lowest BCUT2D eigenvalue weighted by Gasteiger charge is -2.10. The van der Waals surface area contributed by atoms with Crippen molar-refractivity contribution in [3.63, 3.8) is 0 Å². The van der Waals surface area contributed by atoms with Gasteiger partial charge in [-0.05, 0) is 62.6 Å². The first-order chi connectivity index (χ1) is 8.86. The minimum atomic E-state index is 0.715. The monoisotopic (exact) mass is 226 g/mol. The average molecular weight is 226 g/mol. The molecule has 1 heteroatoms. The Bertz CT molecular complexity index is 865. The molecule has 0 spiro atoms. The minimum Gasteiger partial charge on any atom is -0.192 e. The Labute approximate surface area is 104 Å². The predicted molar refractivity (Wildman–Crippen MR) is 73.7 cm³/mol. The number of rotatable bonds is 0. The molecule has 1 nitrogen and oxygen atoms in total. The van der Waals surface area contributed by atoms with E-state index in [0.717, 1.165) is 10.8 Å². The van der Waals surface area contributed by atoms with Crippen molar-refractivity contribution in [3.05, 3.63) is 60.2 Å². The normalized spacial score (nSPS) is 11.3. The number of nitrogens with zero attached hydrogens (tertiary/aromatic N) is 1. The largest absolute Gasteiger partial charge is 0.192 e. The highest BCUT2D eigenvalue weighted by Crippen LogP contribution is 2.34. The summed E-state index contributed by atoms with van der Waals surface area (Å²) in [5.41, 5.74) is 0.715. The van der Waals surface area contributed by atoms with E-state index in [9.17, 15) is 0 Å². The fourth-order valence-corrected chi connectivity index (χ4v) is 2.75. The smallest absolute Gasteiger partial charge is 0.0992 e. The number of nitriles is 1. The molecule has 0 atom stereocenters. The van der Waals surface area contributed by atoms with Crippen LogP contribution in [0.5, 0.6) is 0 Å². The van der Waals surface area contributed by atoms with Crippen LogP contribution >= 0.6 is 0 Å². The molecule has 0 N–H and O–H groups in total.